The van der Waals surface area contributed by atoms with Crippen LogP contribution in [0.25, 0.3) is 9.69 Å². The Balaban J connectivity index is -0.000000374. The Kier molecular flexibility index (Phi) is 38.3. The van der Waals surface area contributed by atoms with Gasteiger partial charge in [-0.1, -0.05) is 124 Å². The van der Waals surface area contributed by atoms with E-state index in [4.69, 9.17) is 86.0 Å². The van der Waals surface area contributed by atoms with Crippen LogP contribution in [-0.2, 0) is 84.3 Å². The predicted octanol–water partition coefficient (Wildman–Crippen LogP) is 11.2. The van der Waals surface area contributed by atoms with Gasteiger partial charge in [0.15, 0.2) is 11.4 Å². The third-order valence-electron chi connectivity index (χ3n) is 7.33. The van der Waals surface area contributed by atoms with Crippen LogP contribution in [0.2, 0.25) is 15.1 Å². The van der Waals surface area contributed by atoms with Gasteiger partial charge >= 0.3 is 22.4 Å². The van der Waals surface area contributed by atoms with E-state index in [1.54, 1.807) is 54.9 Å². The number of nitrogens with one attached hydrogen (secondary N) is 1. The quantitative estimate of drug-likeness (QED) is 0.0355. The number of hydrogen-bond acceptors (Lipinski definition) is 11. The predicted molar refractivity (Wildman–Crippen MR) is 253 cm³/mol. The number of nitrogens with two attached hydrogens (primary N) is 1. The molecular weight excluding hydrogens is 1150 g/mol. The van der Waals surface area contributed by atoms with E-state index in [2.05, 4.69) is 45.5 Å². The number of benzene rings is 3. The number of aromatic nitrogens is 3. The fraction of sp³-hybridized carbons (Fsp3) is 0.200. The van der Waals surface area contributed by atoms with Gasteiger partial charge in [-0.05, 0) is 59.8 Å². The van der Waals surface area contributed by atoms with Crippen LogP contribution in [0.4, 0.5) is 11.4 Å². The van der Waals surface area contributed by atoms with Gasteiger partial charge in [0.1, 0.15) is 13.2 Å². The molecule has 0 saturated carbocycles. The first-order valence-electron chi connectivity index (χ1n) is 19.4. The van der Waals surface area contributed by atoms with Crippen LogP contribution in [0, 0.1) is 13.1 Å². The molecule has 14 nitrogen and oxygen atoms in total. The number of carbonyl (C=O) groups excluding carboxylic acids is 1. The molecule has 6 aromatic rings. The van der Waals surface area contributed by atoms with Gasteiger partial charge in [0.05, 0.1) is 28.2 Å². The van der Waals surface area contributed by atoms with Gasteiger partial charge in [-0.2, -0.15) is 0 Å². The summed E-state index contributed by atoms with van der Waals surface area (Å²) in [5, 5.41) is 16.5. The molecule has 4 heterocycles. The maximum Gasteiger partial charge on any atom is 1.00 e. The Bertz CT molecular complexity index is 2240. The summed E-state index contributed by atoms with van der Waals surface area (Å²) in [6.45, 7) is 17.7. The van der Waals surface area contributed by atoms with Crippen molar-refractivity contribution in [3.8, 4) is 11.8 Å². The monoisotopic (exact) mass is 1200 g/mol. The van der Waals surface area contributed by atoms with E-state index in [9.17, 15) is 4.79 Å². The zero-order valence-corrected chi connectivity index (χ0v) is 41.4. The van der Waals surface area contributed by atoms with Crippen molar-refractivity contribution in [3.05, 3.63) is 198 Å². The van der Waals surface area contributed by atoms with E-state index in [0.717, 1.165) is 48.8 Å². The van der Waals surface area contributed by atoms with Gasteiger partial charge in [0.2, 0.25) is 17.3 Å². The Morgan fingerprint density at radius 1 is 0.754 bits per heavy atom. The van der Waals surface area contributed by atoms with Crippen molar-refractivity contribution in [2.24, 2.45) is 5.73 Å². The Morgan fingerprint density at radius 2 is 1.15 bits per heavy atom. The van der Waals surface area contributed by atoms with Gasteiger partial charge in [0.25, 0.3) is 0 Å². The summed E-state index contributed by atoms with van der Waals surface area (Å²) in [5.41, 5.74) is 11.1. The number of aliphatic hydroxyl groups excluding tert-OH is 1. The number of hydrogen-bond donors (Lipinski definition) is 4. The minimum absolute atomic E-state index is 0. The van der Waals surface area contributed by atoms with Crippen LogP contribution in [0.15, 0.2) is 133 Å². The minimum Gasteiger partial charge on any atom is -0.509 e. The largest absolute Gasteiger partial charge is 1.00 e. The van der Waals surface area contributed by atoms with E-state index in [-0.39, 0.29) is 51.7 Å². The molecule has 7 rings (SSSR count). The normalized spacial score (nSPS) is 10.1. The van der Waals surface area contributed by atoms with Crippen molar-refractivity contribution in [2.45, 2.75) is 37.9 Å². The van der Waals surface area contributed by atoms with Crippen molar-refractivity contribution in [2.75, 3.05) is 20.3 Å². The summed E-state index contributed by atoms with van der Waals surface area (Å²) < 4.78 is 25.9. The Hall–Kier alpha value is -4.37. The molecule has 1 fully saturated rings. The molecule has 0 atom stereocenters. The van der Waals surface area contributed by atoms with Crippen LogP contribution in [0.5, 0.6) is 11.8 Å². The molecule has 3 aromatic heterocycles. The summed E-state index contributed by atoms with van der Waals surface area (Å²) in [4.78, 5) is 38.7. The van der Waals surface area contributed by atoms with Gasteiger partial charge in [-0.15, -0.1) is 0 Å². The minimum atomic E-state index is -0.130. The number of H-pyrrole nitrogens is 1. The molecule has 1 aliphatic heterocycles. The molecule has 3 aromatic carbocycles. The van der Waals surface area contributed by atoms with E-state index in [0.29, 0.717) is 58.0 Å². The molecule has 0 bridgehead atoms. The van der Waals surface area contributed by atoms with Crippen LogP contribution < -0.4 is 20.8 Å². The van der Waals surface area contributed by atoms with Gasteiger partial charge in [-0.25, -0.2) is 24.9 Å². The number of ether oxygens (including phenoxy) is 3. The SMILES string of the molecule is C1CCOC1.CO.NCc1ccc(COc2ccc(Cl)cn2)cc1.O=[C-]OO.O=c1ccc(Cl)c[nH]1.[2HH].[2H][2H].[Ag+].[Ag].[C-]#[N+]c1ccc(CBr)cc1.[C-]#[N+]c1ccc(COc2ccc(Cl)cn2)cc1. The van der Waals surface area contributed by atoms with Crippen LogP contribution in [0.3, 0.4) is 0 Å². The zero-order chi connectivity index (χ0) is 48.5. The average molecular weight is 1210 g/mol. The average Bonchev–Trinajstić information content (AvgIpc) is 3.98. The van der Waals surface area contributed by atoms with Crippen molar-refractivity contribution >= 4 is 68.6 Å². The second-order valence-corrected chi connectivity index (χ2v) is 13.7. The first-order valence-corrected chi connectivity index (χ1v) is 20.7. The van der Waals surface area contributed by atoms with Gasteiger partial charge in [0, 0.05) is 95.8 Å². The molecule has 0 unspecified atom stereocenters. The van der Waals surface area contributed by atoms with E-state index >= 15 is 0 Å². The molecule has 0 amide bonds. The Labute approximate surface area is 437 Å². The molecule has 5 N–H and O–H groups in total. The number of rotatable bonds is 9. The molecule has 20 heteroatoms. The second-order valence-electron chi connectivity index (χ2n) is 11.8. The number of aliphatic hydroxyl groups is 1. The number of halogens is 4. The zero-order valence-electron chi connectivity index (χ0n) is 36.6. The van der Waals surface area contributed by atoms with Crippen molar-refractivity contribution < 1.29 is 83.4 Å². The van der Waals surface area contributed by atoms with Crippen LogP contribution in [0.1, 0.15) is 39.5 Å². The fourth-order valence-electron chi connectivity index (χ4n) is 4.21. The first-order chi connectivity index (χ1) is 31.6. The smallest absolute Gasteiger partial charge is 0.509 e. The second kappa shape index (κ2) is 41.1. The molecule has 65 heavy (non-hydrogen) atoms. The summed E-state index contributed by atoms with van der Waals surface area (Å²) in [5.74, 6) is 1.10. The van der Waals surface area contributed by atoms with Crippen molar-refractivity contribution in [1.82, 2.24) is 15.0 Å². The van der Waals surface area contributed by atoms with E-state index in [1.807, 2.05) is 60.7 Å². The summed E-state index contributed by atoms with van der Waals surface area (Å²) in [6, 6.07) is 32.6. The van der Waals surface area contributed by atoms with Crippen LogP contribution in [-0.4, -0.2) is 52.1 Å². The maximum atomic E-state index is 10.3. The standard InChI is InChI=1S/C13H9ClN2O.C13H13ClN2O.C8H6BrN.C5H4ClNO.C4H8O.CHO3.CH4O.2Ag.2H2/c1-15-12-5-2-10(3-6-12)9-17-13-7-4-11(14)8-16-13;14-12-5-6-13(16-8-12)17-9-11-3-1-10(7-15)2-4-11;1-10-8-4-2-7(6-9)3-5-8;6-4-1-2-5(8)7-3-4;1-2-4-5-3-1;2-1-4-3;1-2;;;;/h2-8H,9H2;1-6,8H,7,9,15H2;2-5H,6H2;1-3H,(H,7,8);1-4H2;3H;2H,1H3;;;2*1H/q;;;;;-1;;;+1;;/i;;;;;;;;;1+1D;1+1. The van der Waals surface area contributed by atoms with Gasteiger partial charge in [-0.3, -0.25) is 4.79 Å². The van der Waals surface area contributed by atoms with Gasteiger partial charge < -0.3 is 39.7 Å². The molecule has 1 saturated heterocycles. The van der Waals surface area contributed by atoms with Crippen molar-refractivity contribution in [3.63, 3.8) is 0 Å². The summed E-state index contributed by atoms with van der Waals surface area (Å²) in [6.07, 6.45) is 7.11. The molecule has 0 spiro atoms. The van der Waals surface area contributed by atoms with E-state index < -0.39 is 0 Å². The first kappa shape index (κ1) is 60.6. The third-order valence-corrected chi connectivity index (χ3v) is 8.66. The topological polar surface area (TPSA) is 188 Å². The summed E-state index contributed by atoms with van der Waals surface area (Å²) >= 11 is 20.2. The summed E-state index contributed by atoms with van der Waals surface area (Å²) in [7, 11) is 1.00. The van der Waals surface area contributed by atoms with Crippen LogP contribution >= 0.6 is 50.7 Å². The number of nitrogens with zero attached hydrogens (tertiary/aromatic N) is 4. The number of alkyl halides is 1. The number of aromatic amines is 1. The maximum absolute atomic E-state index is 10.3. The molecule has 1 aliphatic rings. The molecule has 0 aliphatic carbocycles. The molecule has 357 valence electrons. The van der Waals surface area contributed by atoms with E-state index in [1.165, 1.54) is 30.7 Å². The fourth-order valence-corrected chi connectivity index (χ4v) is 4.92. The molecular formula is C45H49Ag2BrCl3N6O8. The number of pyridine rings is 3. The third kappa shape index (κ3) is 31.2. The van der Waals surface area contributed by atoms with Crippen molar-refractivity contribution in [1.29, 1.82) is 0 Å². The Morgan fingerprint density at radius 3 is 1.45 bits per heavy atom. The molecule has 1 radical (unpaired) electrons.